The fourth-order valence-corrected chi connectivity index (χ4v) is 4.35. The average molecular weight is 351 g/mol. The molecule has 0 aliphatic carbocycles. The van der Waals surface area contributed by atoms with Gasteiger partial charge in [-0.3, -0.25) is 9.78 Å². The van der Waals surface area contributed by atoms with Gasteiger partial charge in [0.2, 0.25) is 0 Å². The lowest BCUT2D eigenvalue weighted by molar-refractivity contribution is 0.0694. The molecule has 5 heteroatoms. The average Bonchev–Trinajstić information content (AvgIpc) is 3.08. The number of benzene rings is 1. The van der Waals surface area contributed by atoms with Crippen LogP contribution in [0.1, 0.15) is 33.8 Å². The molecule has 1 saturated heterocycles. The van der Waals surface area contributed by atoms with Gasteiger partial charge < -0.3 is 4.90 Å². The van der Waals surface area contributed by atoms with Gasteiger partial charge in [0.15, 0.2) is 0 Å². The molecule has 2 aromatic heterocycles. The molecule has 0 spiro atoms. The Kier molecular flexibility index (Phi) is 4.49. The summed E-state index contributed by atoms with van der Waals surface area (Å²) >= 11 is 1.45. The van der Waals surface area contributed by atoms with Gasteiger partial charge in [0, 0.05) is 24.7 Å². The number of thiazole rings is 1. The lowest BCUT2D eigenvalue weighted by Gasteiger charge is -2.32. The van der Waals surface area contributed by atoms with Gasteiger partial charge in [0.1, 0.15) is 4.88 Å². The van der Waals surface area contributed by atoms with E-state index in [0.717, 1.165) is 48.4 Å². The van der Waals surface area contributed by atoms with Gasteiger partial charge in [0.05, 0.1) is 16.7 Å². The van der Waals surface area contributed by atoms with Crippen molar-refractivity contribution in [2.24, 2.45) is 5.92 Å². The highest BCUT2D eigenvalue weighted by Gasteiger charge is 2.25. The summed E-state index contributed by atoms with van der Waals surface area (Å²) in [6.07, 6.45) is 5.04. The molecule has 1 aromatic carbocycles. The van der Waals surface area contributed by atoms with E-state index in [4.69, 9.17) is 0 Å². The summed E-state index contributed by atoms with van der Waals surface area (Å²) < 4.78 is 0. The Balaban J connectivity index is 1.38. The summed E-state index contributed by atoms with van der Waals surface area (Å²) in [5.41, 5.74) is 5.02. The largest absolute Gasteiger partial charge is 0.338 e. The maximum absolute atomic E-state index is 12.6. The number of pyridine rings is 1. The third-order valence-electron chi connectivity index (χ3n) is 5.03. The molecule has 25 heavy (non-hydrogen) atoms. The van der Waals surface area contributed by atoms with Crippen LogP contribution in [0.3, 0.4) is 0 Å². The number of amides is 1. The van der Waals surface area contributed by atoms with E-state index in [1.54, 1.807) is 5.51 Å². The predicted octanol–water partition coefficient (Wildman–Crippen LogP) is 4.09. The zero-order valence-corrected chi connectivity index (χ0v) is 15.1. The number of nitrogens with zero attached hydrogens (tertiary/aromatic N) is 3. The molecule has 0 radical (unpaired) electrons. The van der Waals surface area contributed by atoms with E-state index < -0.39 is 0 Å². The van der Waals surface area contributed by atoms with Crippen molar-refractivity contribution in [1.82, 2.24) is 14.9 Å². The molecular weight excluding hydrogens is 330 g/mol. The molecule has 1 amide bonds. The van der Waals surface area contributed by atoms with Crippen molar-refractivity contribution in [2.75, 3.05) is 13.1 Å². The maximum Gasteiger partial charge on any atom is 0.265 e. The van der Waals surface area contributed by atoms with Crippen LogP contribution >= 0.6 is 11.3 Å². The van der Waals surface area contributed by atoms with Crippen molar-refractivity contribution in [3.05, 3.63) is 58.2 Å². The number of carbonyl (C=O) groups is 1. The van der Waals surface area contributed by atoms with Gasteiger partial charge in [-0.05, 0) is 55.9 Å². The molecule has 0 atom stereocenters. The highest BCUT2D eigenvalue weighted by atomic mass is 32.1. The Labute approximate surface area is 151 Å². The van der Waals surface area contributed by atoms with Gasteiger partial charge in [0.25, 0.3) is 5.91 Å². The van der Waals surface area contributed by atoms with E-state index in [-0.39, 0.29) is 5.91 Å². The molecule has 0 N–H and O–H groups in total. The minimum atomic E-state index is 0.148. The predicted molar refractivity (Wildman–Crippen MR) is 101 cm³/mol. The Hall–Kier alpha value is -2.27. The van der Waals surface area contributed by atoms with E-state index in [1.165, 1.54) is 22.3 Å². The third kappa shape index (κ3) is 3.42. The van der Waals surface area contributed by atoms with Crippen molar-refractivity contribution in [3.8, 4) is 0 Å². The Morgan fingerprint density at radius 2 is 2.08 bits per heavy atom. The molecule has 4 rings (SSSR count). The van der Waals surface area contributed by atoms with Crippen LogP contribution in [0, 0.1) is 12.8 Å². The number of hydrogen-bond donors (Lipinski definition) is 0. The van der Waals surface area contributed by atoms with Crippen LogP contribution in [0.2, 0.25) is 0 Å². The summed E-state index contributed by atoms with van der Waals surface area (Å²) in [4.78, 5) is 23.9. The second-order valence-electron chi connectivity index (χ2n) is 6.74. The first-order chi connectivity index (χ1) is 12.2. The van der Waals surface area contributed by atoms with E-state index in [9.17, 15) is 4.79 Å². The number of fused-ring (bicyclic) bond motifs is 1. The monoisotopic (exact) mass is 351 g/mol. The quantitative estimate of drug-likeness (QED) is 0.714. The fraction of sp³-hybridized carbons (Fsp3) is 0.350. The smallest absolute Gasteiger partial charge is 0.265 e. The second-order valence-corrected chi connectivity index (χ2v) is 7.59. The molecule has 1 aliphatic heterocycles. The Morgan fingerprint density at radius 3 is 2.84 bits per heavy atom. The summed E-state index contributed by atoms with van der Waals surface area (Å²) in [5.74, 6) is 0.788. The lowest BCUT2D eigenvalue weighted by Crippen LogP contribution is -2.38. The van der Waals surface area contributed by atoms with Crippen LogP contribution in [0.15, 0.2) is 42.0 Å². The van der Waals surface area contributed by atoms with Crippen molar-refractivity contribution in [3.63, 3.8) is 0 Å². The molecule has 3 aromatic rings. The summed E-state index contributed by atoms with van der Waals surface area (Å²) in [6, 6.07) is 10.6. The number of rotatable bonds is 3. The van der Waals surface area contributed by atoms with Crippen LogP contribution in [-0.4, -0.2) is 33.9 Å². The number of carbonyl (C=O) groups excluding carboxylic acids is 1. The van der Waals surface area contributed by atoms with Gasteiger partial charge in [-0.1, -0.05) is 12.1 Å². The zero-order valence-electron chi connectivity index (χ0n) is 14.3. The SMILES string of the molecule is Cc1ncsc1C(=O)N1CCC(Cc2ccc3ncccc3c2)CC1. The van der Waals surface area contributed by atoms with Gasteiger partial charge in [-0.15, -0.1) is 11.3 Å². The normalized spacial score (nSPS) is 15.6. The van der Waals surface area contributed by atoms with E-state index in [2.05, 4.69) is 34.2 Å². The number of aromatic nitrogens is 2. The molecule has 0 bridgehead atoms. The number of piperidine rings is 1. The number of likely N-dealkylation sites (tertiary alicyclic amines) is 1. The van der Waals surface area contributed by atoms with Gasteiger partial charge in [-0.2, -0.15) is 0 Å². The van der Waals surface area contributed by atoms with E-state index >= 15 is 0 Å². The van der Waals surface area contributed by atoms with Crippen molar-refractivity contribution in [2.45, 2.75) is 26.2 Å². The highest BCUT2D eigenvalue weighted by Crippen LogP contribution is 2.25. The van der Waals surface area contributed by atoms with Crippen LogP contribution in [0.25, 0.3) is 10.9 Å². The molecule has 128 valence electrons. The summed E-state index contributed by atoms with van der Waals surface area (Å²) in [7, 11) is 0. The molecule has 1 fully saturated rings. The molecule has 0 unspecified atom stereocenters. The standard InChI is InChI=1S/C20H21N3OS/c1-14-19(25-13-22-14)20(24)23-9-6-15(7-10-23)11-16-4-5-18-17(12-16)3-2-8-21-18/h2-5,8,12-13,15H,6-7,9-11H2,1H3. The van der Waals surface area contributed by atoms with E-state index in [0.29, 0.717) is 5.92 Å². The first-order valence-corrected chi connectivity index (χ1v) is 9.61. The Bertz CT molecular complexity index is 897. The topological polar surface area (TPSA) is 46.1 Å². The van der Waals surface area contributed by atoms with Crippen LogP contribution in [0.5, 0.6) is 0 Å². The summed E-state index contributed by atoms with van der Waals surface area (Å²) in [5, 5.41) is 1.20. The Morgan fingerprint density at radius 1 is 1.24 bits per heavy atom. The van der Waals surface area contributed by atoms with Crippen LogP contribution < -0.4 is 0 Å². The van der Waals surface area contributed by atoms with Gasteiger partial charge >= 0.3 is 0 Å². The van der Waals surface area contributed by atoms with Crippen molar-refractivity contribution >= 4 is 28.1 Å². The lowest BCUT2D eigenvalue weighted by atomic mass is 9.89. The molecular formula is C20H21N3OS. The number of aryl methyl sites for hydroxylation is 1. The molecule has 0 saturated carbocycles. The van der Waals surface area contributed by atoms with Crippen molar-refractivity contribution in [1.29, 1.82) is 0 Å². The fourth-order valence-electron chi connectivity index (χ4n) is 3.58. The van der Waals surface area contributed by atoms with E-state index in [1.807, 2.05) is 24.1 Å². The molecule has 1 aliphatic rings. The minimum Gasteiger partial charge on any atom is -0.338 e. The first-order valence-electron chi connectivity index (χ1n) is 8.74. The molecule has 3 heterocycles. The second kappa shape index (κ2) is 6.92. The third-order valence-corrected chi connectivity index (χ3v) is 5.95. The minimum absolute atomic E-state index is 0.148. The number of hydrogen-bond acceptors (Lipinski definition) is 4. The van der Waals surface area contributed by atoms with Crippen molar-refractivity contribution < 1.29 is 4.79 Å². The highest BCUT2D eigenvalue weighted by molar-refractivity contribution is 7.11. The van der Waals surface area contributed by atoms with Crippen LogP contribution in [0.4, 0.5) is 0 Å². The van der Waals surface area contributed by atoms with Crippen LogP contribution in [-0.2, 0) is 6.42 Å². The maximum atomic E-state index is 12.6. The zero-order chi connectivity index (χ0) is 17.2. The molecule has 4 nitrogen and oxygen atoms in total. The van der Waals surface area contributed by atoms with Gasteiger partial charge in [-0.25, -0.2) is 4.98 Å². The summed E-state index contributed by atoms with van der Waals surface area (Å²) in [6.45, 7) is 3.59. The first kappa shape index (κ1) is 16.2.